The molecule has 2 heterocycles. The van der Waals surface area contributed by atoms with Crippen LogP contribution in [0.2, 0.25) is 0 Å². The number of rotatable bonds is 6. The summed E-state index contributed by atoms with van der Waals surface area (Å²) in [5, 5.41) is 19.0. The average molecular weight is 557 g/mol. The van der Waals surface area contributed by atoms with Crippen LogP contribution in [0.3, 0.4) is 0 Å². The lowest BCUT2D eigenvalue weighted by Crippen LogP contribution is -2.29. The van der Waals surface area contributed by atoms with Crippen LogP contribution < -0.4 is 10.3 Å². The molecular formula is C32H27F3N4O2. The van der Waals surface area contributed by atoms with Crippen molar-refractivity contribution in [1.82, 2.24) is 9.55 Å². The van der Waals surface area contributed by atoms with E-state index in [9.17, 15) is 28.5 Å². The van der Waals surface area contributed by atoms with Gasteiger partial charge in [0, 0.05) is 5.69 Å². The molecule has 0 N–H and O–H groups in total. The molecule has 6 nitrogen and oxygen atoms in total. The lowest BCUT2D eigenvalue weighted by atomic mass is 9.96. The largest absolute Gasteiger partial charge is 0.437 e. The number of nitrogens with zero attached hydrogens (tertiary/aromatic N) is 4. The summed E-state index contributed by atoms with van der Waals surface area (Å²) < 4.78 is 49.4. The highest BCUT2D eigenvalue weighted by atomic mass is 19.4. The van der Waals surface area contributed by atoms with Crippen LogP contribution in [-0.2, 0) is 12.7 Å². The number of nitriles is 2. The molecule has 0 amide bonds. The normalized spacial score (nSPS) is 11.3. The highest BCUT2D eigenvalue weighted by molar-refractivity contribution is 5.66. The number of pyridine rings is 2. The minimum absolute atomic E-state index is 0.0149. The number of alkyl halides is 3. The first-order valence-corrected chi connectivity index (χ1v) is 12.8. The number of aromatic nitrogens is 2. The zero-order valence-corrected chi connectivity index (χ0v) is 23.2. The van der Waals surface area contributed by atoms with Crippen molar-refractivity contribution in [2.45, 2.75) is 53.3 Å². The molecule has 0 fully saturated rings. The molecule has 4 aromatic rings. The summed E-state index contributed by atoms with van der Waals surface area (Å²) in [4.78, 5) is 17.8. The standard InChI is InChI=1S/C32H27F3N4O2/c1-18(2)25-13-22(10-11-29(25)41-30-23(15-36)9-7-21(5)38-30)28-14-27(32(33,34)35)26(16-37)31(40)39(28)17-24-8-6-19(3)12-20(24)4/h6-14,18H,17H2,1-5H3. The summed E-state index contributed by atoms with van der Waals surface area (Å²) in [6.07, 6.45) is -4.91. The maximum Gasteiger partial charge on any atom is 0.417 e. The second-order valence-electron chi connectivity index (χ2n) is 10.2. The molecule has 4 rings (SSSR count). The van der Waals surface area contributed by atoms with Crippen molar-refractivity contribution in [3.8, 4) is 35.0 Å². The number of benzene rings is 2. The van der Waals surface area contributed by atoms with Gasteiger partial charge in [-0.15, -0.1) is 0 Å². The number of hydrogen-bond donors (Lipinski definition) is 0. The van der Waals surface area contributed by atoms with Crippen LogP contribution in [0.15, 0.2) is 59.4 Å². The molecule has 0 radical (unpaired) electrons. The quantitative estimate of drug-likeness (QED) is 0.244. The van der Waals surface area contributed by atoms with Crippen LogP contribution in [-0.4, -0.2) is 9.55 Å². The van der Waals surface area contributed by atoms with E-state index in [2.05, 4.69) is 4.98 Å². The molecule has 0 aliphatic rings. The van der Waals surface area contributed by atoms with Gasteiger partial charge < -0.3 is 9.30 Å². The molecule has 0 saturated carbocycles. The van der Waals surface area contributed by atoms with Crippen LogP contribution in [0.4, 0.5) is 13.2 Å². The molecule has 0 aliphatic carbocycles. The molecule has 0 atom stereocenters. The second-order valence-corrected chi connectivity index (χ2v) is 10.2. The molecule has 2 aromatic heterocycles. The van der Waals surface area contributed by atoms with Gasteiger partial charge in [0.2, 0.25) is 5.88 Å². The van der Waals surface area contributed by atoms with Gasteiger partial charge in [-0.2, -0.15) is 23.7 Å². The maximum atomic E-state index is 14.0. The third-order valence-electron chi connectivity index (χ3n) is 6.80. The van der Waals surface area contributed by atoms with E-state index in [1.165, 1.54) is 10.6 Å². The van der Waals surface area contributed by atoms with Crippen molar-refractivity contribution >= 4 is 0 Å². The Morgan fingerprint density at radius 3 is 2.32 bits per heavy atom. The SMILES string of the molecule is Cc1ccc(Cn2c(-c3ccc(Oc4nc(C)ccc4C#N)c(C(C)C)c3)cc(C(F)(F)F)c(C#N)c2=O)c(C)c1. The van der Waals surface area contributed by atoms with E-state index in [-0.39, 0.29) is 29.6 Å². The lowest BCUT2D eigenvalue weighted by Gasteiger charge is -2.20. The topological polar surface area (TPSA) is 91.7 Å². The van der Waals surface area contributed by atoms with Gasteiger partial charge in [-0.3, -0.25) is 4.79 Å². The summed E-state index contributed by atoms with van der Waals surface area (Å²) in [7, 11) is 0. The summed E-state index contributed by atoms with van der Waals surface area (Å²) in [5.41, 5.74) is 1.22. The average Bonchev–Trinajstić information content (AvgIpc) is 2.90. The Morgan fingerprint density at radius 1 is 0.976 bits per heavy atom. The molecule has 41 heavy (non-hydrogen) atoms. The molecule has 0 spiro atoms. The number of hydrogen-bond acceptors (Lipinski definition) is 5. The van der Waals surface area contributed by atoms with Crippen LogP contribution in [0, 0.1) is 43.4 Å². The van der Waals surface area contributed by atoms with Gasteiger partial charge in [0.05, 0.1) is 17.8 Å². The smallest absolute Gasteiger partial charge is 0.417 e. The zero-order valence-electron chi connectivity index (χ0n) is 23.2. The molecule has 0 bridgehead atoms. The molecule has 2 aromatic carbocycles. The summed E-state index contributed by atoms with van der Waals surface area (Å²) in [5.74, 6) is 0.359. The Balaban J connectivity index is 1.95. The summed E-state index contributed by atoms with van der Waals surface area (Å²) in [6.45, 7) is 9.30. The van der Waals surface area contributed by atoms with Crippen LogP contribution >= 0.6 is 0 Å². The van der Waals surface area contributed by atoms with Gasteiger partial charge in [0.15, 0.2) is 0 Å². The van der Waals surface area contributed by atoms with Gasteiger partial charge >= 0.3 is 6.18 Å². The number of ether oxygens (including phenoxy) is 1. The Labute approximate surface area is 235 Å². The van der Waals surface area contributed by atoms with E-state index in [1.807, 2.05) is 52.0 Å². The van der Waals surface area contributed by atoms with E-state index in [4.69, 9.17) is 4.74 Å². The van der Waals surface area contributed by atoms with Crippen molar-refractivity contribution in [1.29, 1.82) is 10.5 Å². The highest BCUT2D eigenvalue weighted by Gasteiger charge is 2.36. The van der Waals surface area contributed by atoms with E-state index in [1.54, 1.807) is 37.3 Å². The monoisotopic (exact) mass is 556 g/mol. The number of halogens is 3. The second kappa shape index (κ2) is 11.3. The van der Waals surface area contributed by atoms with Gasteiger partial charge in [-0.1, -0.05) is 37.6 Å². The first-order valence-electron chi connectivity index (χ1n) is 12.8. The first-order chi connectivity index (χ1) is 19.3. The Bertz CT molecular complexity index is 1790. The van der Waals surface area contributed by atoms with Crippen molar-refractivity contribution in [2.24, 2.45) is 0 Å². The lowest BCUT2D eigenvalue weighted by molar-refractivity contribution is -0.137. The molecule has 0 aliphatic heterocycles. The maximum absolute atomic E-state index is 14.0. The summed E-state index contributed by atoms with van der Waals surface area (Å²) in [6, 6.07) is 18.1. The van der Waals surface area contributed by atoms with Crippen LogP contribution in [0.25, 0.3) is 11.3 Å². The van der Waals surface area contributed by atoms with E-state index < -0.39 is 22.9 Å². The fourth-order valence-corrected chi connectivity index (χ4v) is 4.62. The fraction of sp³-hybridized carbons (Fsp3) is 0.250. The third-order valence-corrected chi connectivity index (χ3v) is 6.80. The van der Waals surface area contributed by atoms with E-state index in [0.717, 1.165) is 22.8 Å². The van der Waals surface area contributed by atoms with Crippen LogP contribution in [0.1, 0.15) is 64.4 Å². The Kier molecular flexibility index (Phi) is 8.02. The molecule has 208 valence electrons. The Hall–Kier alpha value is -4.89. The van der Waals surface area contributed by atoms with E-state index in [0.29, 0.717) is 22.6 Å². The predicted molar refractivity (Wildman–Crippen MR) is 149 cm³/mol. The molecule has 9 heteroatoms. The third kappa shape index (κ3) is 6.00. The van der Waals surface area contributed by atoms with E-state index >= 15 is 0 Å². The van der Waals surface area contributed by atoms with Crippen molar-refractivity contribution in [3.05, 3.63) is 110 Å². The zero-order chi connectivity index (χ0) is 30.1. The van der Waals surface area contributed by atoms with Gasteiger partial charge in [-0.25, -0.2) is 4.98 Å². The fourth-order valence-electron chi connectivity index (χ4n) is 4.62. The van der Waals surface area contributed by atoms with Crippen molar-refractivity contribution in [2.75, 3.05) is 0 Å². The van der Waals surface area contributed by atoms with Crippen molar-refractivity contribution < 1.29 is 17.9 Å². The van der Waals surface area contributed by atoms with Crippen LogP contribution in [0.5, 0.6) is 11.6 Å². The van der Waals surface area contributed by atoms with Crippen molar-refractivity contribution in [3.63, 3.8) is 0 Å². The van der Waals surface area contributed by atoms with Gasteiger partial charge in [0.25, 0.3) is 5.56 Å². The number of aryl methyl sites for hydroxylation is 3. The minimum atomic E-state index is -4.91. The first kappa shape index (κ1) is 29.1. The predicted octanol–water partition coefficient (Wildman–Crippen LogP) is 7.56. The van der Waals surface area contributed by atoms with Gasteiger partial charge in [0.1, 0.15) is 29.0 Å². The molecule has 0 saturated heterocycles. The Morgan fingerprint density at radius 2 is 1.71 bits per heavy atom. The molecular weight excluding hydrogens is 529 g/mol. The molecule has 0 unspecified atom stereocenters. The highest BCUT2D eigenvalue weighted by Crippen LogP contribution is 2.37. The summed E-state index contributed by atoms with van der Waals surface area (Å²) >= 11 is 0. The minimum Gasteiger partial charge on any atom is -0.437 e. The van der Waals surface area contributed by atoms with Gasteiger partial charge in [-0.05, 0) is 85.3 Å².